The van der Waals surface area contributed by atoms with Crippen molar-refractivity contribution < 1.29 is 14.3 Å². The van der Waals surface area contributed by atoms with Crippen molar-refractivity contribution in [2.24, 2.45) is 0 Å². The second kappa shape index (κ2) is 2.80. The van der Waals surface area contributed by atoms with Gasteiger partial charge in [-0.2, -0.15) is 0 Å². The quantitative estimate of drug-likeness (QED) is 0.636. The van der Waals surface area contributed by atoms with E-state index in [0.717, 1.165) is 0 Å². The smallest absolute Gasteiger partial charge is 0.306 e. The van der Waals surface area contributed by atoms with Crippen molar-refractivity contribution in [3.05, 3.63) is 0 Å². The molecule has 0 aliphatic heterocycles. The van der Waals surface area contributed by atoms with Gasteiger partial charge in [0.1, 0.15) is 5.67 Å². The first-order chi connectivity index (χ1) is 3.98. The molecule has 1 atom stereocenters. The highest BCUT2D eigenvalue weighted by Gasteiger charge is 2.23. The van der Waals surface area contributed by atoms with Gasteiger partial charge in [0.15, 0.2) is 0 Å². The van der Waals surface area contributed by atoms with E-state index in [2.05, 4.69) is 0 Å². The average molecular weight is 134 g/mol. The van der Waals surface area contributed by atoms with E-state index in [4.69, 9.17) is 5.11 Å². The zero-order valence-corrected chi connectivity index (χ0v) is 5.65. The highest BCUT2D eigenvalue weighted by molar-refractivity contribution is 5.67. The Morgan fingerprint density at radius 3 is 2.33 bits per heavy atom. The number of carboxylic acid groups (broad SMARTS) is 1. The molecule has 0 saturated heterocycles. The summed E-state index contributed by atoms with van der Waals surface area (Å²) in [6, 6.07) is 0. The molecular weight excluding hydrogens is 123 g/mol. The van der Waals surface area contributed by atoms with Gasteiger partial charge in [-0.25, -0.2) is 4.39 Å². The van der Waals surface area contributed by atoms with Gasteiger partial charge in [-0.15, -0.1) is 0 Å². The number of aliphatic carboxylic acids is 1. The SMILES string of the molecule is CCC(C)(F)CC(=O)O. The molecule has 0 aromatic carbocycles. The molecule has 0 radical (unpaired) electrons. The molecule has 9 heavy (non-hydrogen) atoms. The lowest BCUT2D eigenvalue weighted by atomic mass is 10.0. The molecule has 0 aliphatic rings. The van der Waals surface area contributed by atoms with E-state index in [1.165, 1.54) is 6.92 Å². The molecule has 1 unspecified atom stereocenters. The van der Waals surface area contributed by atoms with Crippen LogP contribution in [0.25, 0.3) is 0 Å². The summed E-state index contributed by atoms with van der Waals surface area (Å²) < 4.78 is 12.7. The molecule has 0 heterocycles. The third-order valence-electron chi connectivity index (χ3n) is 1.26. The highest BCUT2D eigenvalue weighted by Crippen LogP contribution is 2.18. The molecule has 0 aromatic heterocycles. The second-order valence-corrected chi connectivity index (χ2v) is 2.34. The minimum atomic E-state index is -1.54. The Labute approximate surface area is 53.7 Å². The zero-order chi connectivity index (χ0) is 7.49. The zero-order valence-electron chi connectivity index (χ0n) is 5.65. The topological polar surface area (TPSA) is 37.3 Å². The fourth-order valence-electron chi connectivity index (χ4n) is 0.440. The molecular formula is C6H11FO2. The Morgan fingerprint density at radius 2 is 2.22 bits per heavy atom. The fourth-order valence-corrected chi connectivity index (χ4v) is 0.440. The summed E-state index contributed by atoms with van der Waals surface area (Å²) >= 11 is 0. The van der Waals surface area contributed by atoms with Crippen molar-refractivity contribution in [3.63, 3.8) is 0 Å². The summed E-state index contributed by atoms with van der Waals surface area (Å²) in [6.07, 6.45) is -0.150. The number of hydrogen-bond acceptors (Lipinski definition) is 1. The van der Waals surface area contributed by atoms with Crippen LogP contribution in [-0.4, -0.2) is 16.7 Å². The molecule has 0 aliphatic carbocycles. The largest absolute Gasteiger partial charge is 0.481 e. The first-order valence-corrected chi connectivity index (χ1v) is 2.88. The number of rotatable bonds is 3. The van der Waals surface area contributed by atoms with Gasteiger partial charge in [0, 0.05) is 0 Å². The van der Waals surface area contributed by atoms with Crippen LogP contribution >= 0.6 is 0 Å². The van der Waals surface area contributed by atoms with Crippen molar-refractivity contribution in [1.29, 1.82) is 0 Å². The van der Waals surface area contributed by atoms with Gasteiger partial charge in [0.2, 0.25) is 0 Å². The highest BCUT2D eigenvalue weighted by atomic mass is 19.1. The first-order valence-electron chi connectivity index (χ1n) is 2.88. The predicted octanol–water partition coefficient (Wildman–Crippen LogP) is 1.60. The molecule has 2 nitrogen and oxygen atoms in total. The average Bonchev–Trinajstić information content (AvgIpc) is 1.63. The third kappa shape index (κ3) is 3.94. The Bertz CT molecular complexity index is 110. The summed E-state index contributed by atoms with van der Waals surface area (Å²) in [7, 11) is 0. The summed E-state index contributed by atoms with van der Waals surface area (Å²) in [5.41, 5.74) is -1.54. The molecule has 54 valence electrons. The van der Waals surface area contributed by atoms with Gasteiger partial charge in [-0.05, 0) is 13.3 Å². The summed E-state index contributed by atoms with van der Waals surface area (Å²) in [5, 5.41) is 8.14. The van der Waals surface area contributed by atoms with Gasteiger partial charge >= 0.3 is 5.97 Å². The number of hydrogen-bond donors (Lipinski definition) is 1. The van der Waals surface area contributed by atoms with E-state index in [0.29, 0.717) is 0 Å². The van der Waals surface area contributed by atoms with Crippen LogP contribution in [0.1, 0.15) is 26.7 Å². The van der Waals surface area contributed by atoms with Crippen molar-refractivity contribution in [2.45, 2.75) is 32.4 Å². The van der Waals surface area contributed by atoms with Crippen molar-refractivity contribution in [3.8, 4) is 0 Å². The number of alkyl halides is 1. The maximum Gasteiger partial charge on any atom is 0.306 e. The van der Waals surface area contributed by atoms with Crippen LogP contribution in [-0.2, 0) is 4.79 Å². The van der Waals surface area contributed by atoms with E-state index in [9.17, 15) is 9.18 Å². The monoisotopic (exact) mass is 134 g/mol. The molecule has 0 bridgehead atoms. The van der Waals surface area contributed by atoms with E-state index in [-0.39, 0.29) is 6.42 Å². The van der Waals surface area contributed by atoms with Gasteiger partial charge < -0.3 is 5.11 Å². The van der Waals surface area contributed by atoms with Crippen LogP contribution in [0.5, 0.6) is 0 Å². The van der Waals surface area contributed by atoms with Crippen molar-refractivity contribution in [2.75, 3.05) is 0 Å². The third-order valence-corrected chi connectivity index (χ3v) is 1.26. The minimum Gasteiger partial charge on any atom is -0.481 e. The van der Waals surface area contributed by atoms with Crippen LogP contribution in [0.3, 0.4) is 0 Å². The minimum absolute atomic E-state index is 0.249. The fraction of sp³-hybridized carbons (Fsp3) is 0.833. The van der Waals surface area contributed by atoms with Gasteiger partial charge in [0.05, 0.1) is 6.42 Å². The van der Waals surface area contributed by atoms with Gasteiger partial charge in [0.25, 0.3) is 0 Å². The summed E-state index contributed by atoms with van der Waals surface area (Å²) in [4.78, 5) is 9.93. The molecule has 0 spiro atoms. The van der Waals surface area contributed by atoms with Gasteiger partial charge in [-0.3, -0.25) is 4.79 Å². The Kier molecular flexibility index (Phi) is 2.62. The van der Waals surface area contributed by atoms with Crippen LogP contribution in [0, 0.1) is 0 Å². The van der Waals surface area contributed by atoms with Crippen LogP contribution in [0.15, 0.2) is 0 Å². The van der Waals surface area contributed by atoms with E-state index < -0.39 is 18.1 Å². The second-order valence-electron chi connectivity index (χ2n) is 2.34. The van der Waals surface area contributed by atoms with Crippen LogP contribution in [0.2, 0.25) is 0 Å². The number of carboxylic acids is 1. The van der Waals surface area contributed by atoms with Crippen molar-refractivity contribution in [1.82, 2.24) is 0 Å². The Hall–Kier alpha value is -0.600. The Balaban J connectivity index is 3.71. The lowest BCUT2D eigenvalue weighted by Crippen LogP contribution is -2.20. The first kappa shape index (κ1) is 8.40. The normalized spacial score (nSPS) is 16.8. The molecule has 0 aromatic rings. The lowest BCUT2D eigenvalue weighted by molar-refractivity contribution is -0.139. The van der Waals surface area contributed by atoms with E-state index in [1.54, 1.807) is 6.92 Å². The molecule has 0 amide bonds. The van der Waals surface area contributed by atoms with E-state index >= 15 is 0 Å². The summed E-state index contributed by atoms with van der Waals surface area (Å²) in [5.74, 6) is -1.08. The van der Waals surface area contributed by atoms with Gasteiger partial charge in [-0.1, -0.05) is 6.92 Å². The lowest BCUT2D eigenvalue weighted by Gasteiger charge is -2.13. The van der Waals surface area contributed by atoms with Crippen LogP contribution in [0.4, 0.5) is 4.39 Å². The van der Waals surface area contributed by atoms with E-state index in [1.807, 2.05) is 0 Å². The number of halogens is 1. The molecule has 1 N–H and O–H groups in total. The standard InChI is InChI=1S/C6H11FO2/c1-3-6(2,7)4-5(8)9/h3-4H2,1-2H3,(H,8,9). The molecule has 3 heteroatoms. The number of carbonyl (C=O) groups is 1. The molecule has 0 fully saturated rings. The predicted molar refractivity (Wildman–Crippen MR) is 32.1 cm³/mol. The molecule has 0 saturated carbocycles. The Morgan fingerprint density at radius 1 is 1.78 bits per heavy atom. The maximum atomic E-state index is 12.7. The molecule has 0 rings (SSSR count). The maximum absolute atomic E-state index is 12.7. The van der Waals surface area contributed by atoms with Crippen LogP contribution < -0.4 is 0 Å². The summed E-state index contributed by atoms with van der Waals surface area (Å²) in [6.45, 7) is 2.92. The van der Waals surface area contributed by atoms with Crippen molar-refractivity contribution >= 4 is 5.97 Å².